The summed E-state index contributed by atoms with van der Waals surface area (Å²) < 4.78 is 0. The number of likely N-dealkylation sites (N-methyl/N-ethyl adjacent to an activating group) is 1. The summed E-state index contributed by atoms with van der Waals surface area (Å²) in [5, 5.41) is 6.01. The normalized spacial score (nSPS) is 13.0. The van der Waals surface area contributed by atoms with Crippen LogP contribution in [-0.2, 0) is 9.59 Å². The van der Waals surface area contributed by atoms with Gasteiger partial charge in [0.1, 0.15) is 0 Å². The lowest BCUT2D eigenvalue weighted by molar-refractivity contribution is -0.862. The Bertz CT molecular complexity index is 757. The molecule has 2 amide bonds. The lowest BCUT2D eigenvalue weighted by Gasteiger charge is -2.22. The average molecular weight is 383 g/mol. The van der Waals surface area contributed by atoms with Crippen molar-refractivity contribution in [1.29, 1.82) is 0 Å². The molecular weight excluding hydrogens is 350 g/mol. The van der Waals surface area contributed by atoms with Gasteiger partial charge in [0, 0.05) is 5.69 Å². The summed E-state index contributed by atoms with van der Waals surface area (Å²) >= 11 is 0. The van der Waals surface area contributed by atoms with E-state index in [1.807, 2.05) is 68.6 Å². The number of anilines is 1. The average Bonchev–Trinajstić information content (AvgIpc) is 2.63. The smallest absolute Gasteiger partial charge is 0.279 e. The number of carbonyl (C=O) groups excluding carboxylic acids is 2. The number of aryl methyl sites for hydroxylation is 1. The molecule has 28 heavy (non-hydrogen) atoms. The zero-order valence-electron chi connectivity index (χ0n) is 17.3. The molecule has 5 nitrogen and oxygen atoms in total. The molecule has 5 heteroatoms. The fraction of sp³-hybridized carbons (Fsp3) is 0.391. The summed E-state index contributed by atoms with van der Waals surface area (Å²) in [5.41, 5.74) is 3.03. The number of amides is 2. The van der Waals surface area contributed by atoms with E-state index in [9.17, 15) is 9.59 Å². The van der Waals surface area contributed by atoms with Crippen LogP contribution in [0.25, 0.3) is 0 Å². The fourth-order valence-corrected chi connectivity index (χ4v) is 3.13. The number of benzene rings is 2. The topological polar surface area (TPSA) is 62.6 Å². The molecule has 2 aromatic carbocycles. The monoisotopic (exact) mass is 382 g/mol. The van der Waals surface area contributed by atoms with E-state index in [1.54, 1.807) is 0 Å². The summed E-state index contributed by atoms with van der Waals surface area (Å²) in [7, 11) is 1.86. The van der Waals surface area contributed by atoms with Crippen molar-refractivity contribution in [3.05, 3.63) is 65.7 Å². The Balaban J connectivity index is 1.86. The van der Waals surface area contributed by atoms with E-state index in [4.69, 9.17) is 0 Å². The standard InChI is InChI=1S/C23H31N3O2/c1-17(2)14-21(19-8-6-5-7-9-19)25-23(28)16-26(4)15-22(27)24-20-12-10-18(3)11-13-20/h5-13,17,21H,14-16H2,1-4H3,(H,24,27)(H,25,28)/p+1/t21-/m1/s1. The number of carbonyl (C=O) groups is 2. The Labute approximate surface area is 168 Å². The van der Waals surface area contributed by atoms with Crippen molar-refractivity contribution in [2.75, 3.05) is 25.5 Å². The molecule has 0 saturated carbocycles. The van der Waals surface area contributed by atoms with E-state index in [0.717, 1.165) is 28.1 Å². The summed E-state index contributed by atoms with van der Waals surface area (Å²) in [4.78, 5) is 25.6. The molecule has 2 aromatic rings. The van der Waals surface area contributed by atoms with Crippen LogP contribution in [0.15, 0.2) is 54.6 Å². The number of hydrogen-bond donors (Lipinski definition) is 3. The van der Waals surface area contributed by atoms with Gasteiger partial charge in [-0.25, -0.2) is 0 Å². The number of nitrogens with one attached hydrogen (secondary N) is 3. The van der Waals surface area contributed by atoms with Gasteiger partial charge in [0.15, 0.2) is 13.1 Å². The van der Waals surface area contributed by atoms with Crippen molar-refractivity contribution in [1.82, 2.24) is 5.32 Å². The van der Waals surface area contributed by atoms with Crippen molar-refractivity contribution in [3.8, 4) is 0 Å². The summed E-state index contributed by atoms with van der Waals surface area (Å²) in [5.74, 6) is 0.321. The Morgan fingerprint density at radius 3 is 2.14 bits per heavy atom. The van der Waals surface area contributed by atoms with E-state index in [-0.39, 0.29) is 30.9 Å². The van der Waals surface area contributed by atoms with Gasteiger partial charge in [-0.3, -0.25) is 9.59 Å². The quantitative estimate of drug-likeness (QED) is 0.623. The summed E-state index contributed by atoms with van der Waals surface area (Å²) in [6, 6.07) is 17.7. The number of rotatable bonds is 9. The van der Waals surface area contributed by atoms with E-state index < -0.39 is 0 Å². The predicted octanol–water partition coefficient (Wildman–Crippen LogP) is 2.35. The van der Waals surface area contributed by atoms with Crippen LogP contribution in [0.5, 0.6) is 0 Å². The van der Waals surface area contributed by atoms with Crippen molar-refractivity contribution >= 4 is 17.5 Å². The van der Waals surface area contributed by atoms with E-state index >= 15 is 0 Å². The third-order valence-corrected chi connectivity index (χ3v) is 4.50. The molecule has 150 valence electrons. The van der Waals surface area contributed by atoms with Crippen molar-refractivity contribution < 1.29 is 14.5 Å². The zero-order valence-corrected chi connectivity index (χ0v) is 17.3. The van der Waals surface area contributed by atoms with Crippen LogP contribution < -0.4 is 15.5 Å². The van der Waals surface area contributed by atoms with Gasteiger partial charge >= 0.3 is 0 Å². The van der Waals surface area contributed by atoms with Crippen LogP contribution >= 0.6 is 0 Å². The maximum absolute atomic E-state index is 12.5. The highest BCUT2D eigenvalue weighted by atomic mass is 16.2. The minimum absolute atomic E-state index is 0.0112. The van der Waals surface area contributed by atoms with Gasteiger partial charge < -0.3 is 15.5 Å². The highest BCUT2D eigenvalue weighted by Crippen LogP contribution is 2.20. The Hall–Kier alpha value is -2.66. The molecule has 3 N–H and O–H groups in total. The number of hydrogen-bond acceptors (Lipinski definition) is 2. The lowest BCUT2D eigenvalue weighted by atomic mass is 9.97. The molecule has 0 aromatic heterocycles. The van der Waals surface area contributed by atoms with Gasteiger partial charge in [0.25, 0.3) is 11.8 Å². The highest BCUT2D eigenvalue weighted by Gasteiger charge is 2.19. The maximum Gasteiger partial charge on any atom is 0.279 e. The first kappa shape index (κ1) is 21.6. The molecular formula is C23H32N3O2+. The van der Waals surface area contributed by atoms with E-state index in [2.05, 4.69) is 24.5 Å². The van der Waals surface area contributed by atoms with Crippen LogP contribution in [-0.4, -0.2) is 32.0 Å². The SMILES string of the molecule is Cc1ccc(NC(=O)C[NH+](C)CC(=O)N[C@H](CC(C)C)c2ccccc2)cc1. The largest absolute Gasteiger partial charge is 0.344 e. The Morgan fingerprint density at radius 2 is 1.54 bits per heavy atom. The molecule has 0 aliphatic rings. The molecule has 2 atom stereocenters. The molecule has 0 radical (unpaired) electrons. The second-order valence-electron chi connectivity index (χ2n) is 7.89. The van der Waals surface area contributed by atoms with Gasteiger partial charge in [0.05, 0.1) is 13.1 Å². The van der Waals surface area contributed by atoms with Crippen molar-refractivity contribution in [3.63, 3.8) is 0 Å². The lowest BCUT2D eigenvalue weighted by Crippen LogP contribution is -3.11. The molecule has 0 spiro atoms. The molecule has 0 aliphatic heterocycles. The third kappa shape index (κ3) is 7.53. The first-order chi connectivity index (χ1) is 13.3. The molecule has 0 heterocycles. The van der Waals surface area contributed by atoms with Crippen molar-refractivity contribution in [2.45, 2.75) is 33.2 Å². The third-order valence-electron chi connectivity index (χ3n) is 4.50. The van der Waals surface area contributed by atoms with E-state index in [0.29, 0.717) is 5.92 Å². The molecule has 1 unspecified atom stereocenters. The zero-order chi connectivity index (χ0) is 20.5. The highest BCUT2D eigenvalue weighted by molar-refractivity contribution is 5.91. The second-order valence-corrected chi connectivity index (χ2v) is 7.89. The molecule has 0 saturated heterocycles. The summed E-state index contributed by atoms with van der Waals surface area (Å²) in [6.45, 7) is 6.79. The van der Waals surface area contributed by atoms with Crippen LogP contribution in [0, 0.1) is 12.8 Å². The minimum atomic E-state index is -0.101. The Morgan fingerprint density at radius 1 is 0.929 bits per heavy atom. The van der Waals surface area contributed by atoms with Gasteiger partial charge in [-0.15, -0.1) is 0 Å². The van der Waals surface area contributed by atoms with Crippen LogP contribution in [0.3, 0.4) is 0 Å². The first-order valence-corrected chi connectivity index (χ1v) is 9.85. The van der Waals surface area contributed by atoms with Crippen molar-refractivity contribution in [2.24, 2.45) is 5.92 Å². The molecule has 0 aliphatic carbocycles. The predicted molar refractivity (Wildman–Crippen MR) is 113 cm³/mol. The second kappa shape index (κ2) is 10.6. The van der Waals surface area contributed by atoms with Gasteiger partial charge in [-0.05, 0) is 37.0 Å². The van der Waals surface area contributed by atoms with E-state index in [1.165, 1.54) is 0 Å². The van der Waals surface area contributed by atoms with Gasteiger partial charge in [-0.2, -0.15) is 0 Å². The van der Waals surface area contributed by atoms with Gasteiger partial charge in [0.2, 0.25) is 0 Å². The van der Waals surface area contributed by atoms with Crippen LogP contribution in [0.2, 0.25) is 0 Å². The number of quaternary nitrogens is 1. The molecule has 2 rings (SSSR count). The Kier molecular flexibility index (Phi) is 8.20. The fourth-order valence-electron chi connectivity index (χ4n) is 3.13. The first-order valence-electron chi connectivity index (χ1n) is 9.85. The molecule has 0 fully saturated rings. The van der Waals surface area contributed by atoms with Gasteiger partial charge in [-0.1, -0.05) is 61.9 Å². The molecule has 0 bridgehead atoms. The maximum atomic E-state index is 12.5. The minimum Gasteiger partial charge on any atom is -0.344 e. The van der Waals surface area contributed by atoms with Crippen LogP contribution in [0.1, 0.15) is 37.4 Å². The summed E-state index contributed by atoms with van der Waals surface area (Å²) in [6.07, 6.45) is 0.878. The van der Waals surface area contributed by atoms with Crippen LogP contribution in [0.4, 0.5) is 5.69 Å².